The third-order valence-corrected chi connectivity index (χ3v) is 3.09. The summed E-state index contributed by atoms with van der Waals surface area (Å²) < 4.78 is 5.65. The number of nitrogens with one attached hydrogen (secondary N) is 1. The van der Waals surface area contributed by atoms with Gasteiger partial charge in [-0.15, -0.1) is 0 Å². The third kappa shape index (κ3) is 1.93. The molecule has 1 heterocycles. The van der Waals surface area contributed by atoms with Crippen molar-refractivity contribution < 1.29 is 4.74 Å². The van der Waals surface area contributed by atoms with Crippen molar-refractivity contribution in [3.63, 3.8) is 0 Å². The molecule has 18 heavy (non-hydrogen) atoms. The van der Waals surface area contributed by atoms with Gasteiger partial charge in [0.1, 0.15) is 5.75 Å². The fourth-order valence-electron chi connectivity index (χ4n) is 2.20. The minimum absolute atomic E-state index is 0.661. The molecule has 0 spiro atoms. The van der Waals surface area contributed by atoms with Crippen LogP contribution in [0.15, 0.2) is 42.5 Å². The van der Waals surface area contributed by atoms with Gasteiger partial charge in [-0.3, -0.25) is 0 Å². The number of H-pyrrole nitrogens is 1. The molecule has 0 atom stereocenters. The van der Waals surface area contributed by atoms with Crippen LogP contribution in [0.3, 0.4) is 0 Å². The molecule has 3 rings (SSSR count). The normalized spacial score (nSPS) is 11.2. The van der Waals surface area contributed by atoms with Gasteiger partial charge in [-0.2, -0.15) is 0 Å². The highest BCUT2D eigenvalue weighted by molar-refractivity contribution is 6.07. The molecule has 0 aliphatic rings. The fourth-order valence-corrected chi connectivity index (χ4v) is 2.20. The van der Waals surface area contributed by atoms with Gasteiger partial charge in [0.25, 0.3) is 0 Å². The van der Waals surface area contributed by atoms with E-state index in [0.717, 1.165) is 23.2 Å². The predicted molar refractivity (Wildman–Crippen MR) is 75.0 cm³/mol. The van der Waals surface area contributed by atoms with E-state index in [-0.39, 0.29) is 0 Å². The van der Waals surface area contributed by atoms with Crippen LogP contribution in [0.4, 0.5) is 0 Å². The summed E-state index contributed by atoms with van der Waals surface area (Å²) >= 11 is 0. The summed E-state index contributed by atoms with van der Waals surface area (Å²) in [5.74, 6) is 0.891. The van der Waals surface area contributed by atoms with E-state index in [1.165, 1.54) is 10.8 Å². The average molecular weight is 240 g/mol. The first-order valence-electron chi connectivity index (χ1n) is 6.22. The average Bonchev–Trinajstić information content (AvgIpc) is 2.76. The number of benzene rings is 2. The Bertz CT molecular complexity index is 672. The van der Waals surface area contributed by atoms with Crippen molar-refractivity contribution in [2.45, 2.75) is 6.42 Å². The van der Waals surface area contributed by atoms with Crippen molar-refractivity contribution in [2.75, 3.05) is 13.2 Å². The molecule has 3 nitrogen and oxygen atoms in total. The van der Waals surface area contributed by atoms with E-state index in [4.69, 9.17) is 10.5 Å². The standard InChI is InChI=1S/C15H16N2O/c16-8-3-9-18-11-6-7-13-12-4-1-2-5-14(12)17-15(13)10-11/h1-2,4-7,10,17H,3,8-9,16H2. The van der Waals surface area contributed by atoms with Crippen LogP contribution >= 0.6 is 0 Å². The summed E-state index contributed by atoms with van der Waals surface area (Å²) in [7, 11) is 0. The van der Waals surface area contributed by atoms with E-state index in [1.54, 1.807) is 0 Å². The summed E-state index contributed by atoms with van der Waals surface area (Å²) in [6.45, 7) is 1.33. The lowest BCUT2D eigenvalue weighted by Crippen LogP contribution is -2.05. The smallest absolute Gasteiger partial charge is 0.121 e. The number of hydrogen-bond donors (Lipinski definition) is 2. The number of ether oxygens (including phenoxy) is 1. The number of aromatic nitrogens is 1. The Hall–Kier alpha value is -2.00. The van der Waals surface area contributed by atoms with Gasteiger partial charge in [-0.1, -0.05) is 18.2 Å². The number of hydrogen-bond acceptors (Lipinski definition) is 2. The molecule has 0 unspecified atom stereocenters. The van der Waals surface area contributed by atoms with E-state index in [1.807, 2.05) is 18.2 Å². The molecule has 3 aromatic rings. The lowest BCUT2D eigenvalue weighted by Gasteiger charge is -2.04. The van der Waals surface area contributed by atoms with Crippen molar-refractivity contribution in [1.29, 1.82) is 0 Å². The van der Waals surface area contributed by atoms with Gasteiger partial charge in [0.05, 0.1) is 12.1 Å². The first-order valence-corrected chi connectivity index (χ1v) is 6.22. The van der Waals surface area contributed by atoms with Gasteiger partial charge in [-0.05, 0) is 31.2 Å². The monoisotopic (exact) mass is 240 g/mol. The Labute approximate surface area is 106 Å². The number of aromatic amines is 1. The van der Waals surface area contributed by atoms with Crippen molar-refractivity contribution >= 4 is 21.8 Å². The summed E-state index contributed by atoms with van der Waals surface area (Å²) in [5, 5.41) is 2.48. The molecule has 0 saturated heterocycles. The number of para-hydroxylation sites is 1. The van der Waals surface area contributed by atoms with Crippen LogP contribution in [0, 0.1) is 0 Å². The van der Waals surface area contributed by atoms with E-state index >= 15 is 0 Å². The fraction of sp³-hybridized carbons (Fsp3) is 0.200. The second-order valence-electron chi connectivity index (χ2n) is 4.37. The highest BCUT2D eigenvalue weighted by Crippen LogP contribution is 2.28. The SMILES string of the molecule is NCCCOc1ccc2c(c1)[nH]c1ccccc12. The topological polar surface area (TPSA) is 51.0 Å². The Kier molecular flexibility index (Phi) is 2.90. The van der Waals surface area contributed by atoms with Gasteiger partial charge in [0.15, 0.2) is 0 Å². The predicted octanol–water partition coefficient (Wildman–Crippen LogP) is 3.05. The van der Waals surface area contributed by atoms with Crippen molar-refractivity contribution in [3.05, 3.63) is 42.5 Å². The van der Waals surface area contributed by atoms with Crippen LogP contribution in [-0.4, -0.2) is 18.1 Å². The molecule has 0 amide bonds. The lowest BCUT2D eigenvalue weighted by atomic mass is 10.1. The van der Waals surface area contributed by atoms with Crippen LogP contribution in [0.25, 0.3) is 21.8 Å². The quantitative estimate of drug-likeness (QED) is 0.689. The molecule has 92 valence electrons. The maximum Gasteiger partial charge on any atom is 0.121 e. The minimum Gasteiger partial charge on any atom is -0.493 e. The van der Waals surface area contributed by atoms with Crippen LogP contribution in [0.2, 0.25) is 0 Å². The second-order valence-corrected chi connectivity index (χ2v) is 4.37. The number of fused-ring (bicyclic) bond motifs is 3. The minimum atomic E-state index is 0.661. The first-order chi connectivity index (χ1) is 8.88. The molecule has 2 aromatic carbocycles. The Balaban J connectivity index is 1.99. The zero-order valence-electron chi connectivity index (χ0n) is 10.1. The summed E-state index contributed by atoms with van der Waals surface area (Å²) in [4.78, 5) is 3.40. The highest BCUT2D eigenvalue weighted by atomic mass is 16.5. The molecule has 3 N–H and O–H groups in total. The second kappa shape index (κ2) is 4.70. The van der Waals surface area contributed by atoms with Crippen molar-refractivity contribution in [3.8, 4) is 5.75 Å². The Morgan fingerprint density at radius 2 is 1.83 bits per heavy atom. The van der Waals surface area contributed by atoms with Gasteiger partial charge in [0.2, 0.25) is 0 Å². The third-order valence-electron chi connectivity index (χ3n) is 3.09. The van der Waals surface area contributed by atoms with E-state index < -0.39 is 0 Å². The highest BCUT2D eigenvalue weighted by Gasteiger charge is 2.04. The molecular formula is C15H16N2O. The van der Waals surface area contributed by atoms with Gasteiger partial charge in [0, 0.05) is 22.4 Å². The van der Waals surface area contributed by atoms with Crippen molar-refractivity contribution in [2.24, 2.45) is 5.73 Å². The largest absolute Gasteiger partial charge is 0.493 e. The Morgan fingerprint density at radius 1 is 1.00 bits per heavy atom. The van der Waals surface area contributed by atoms with Crippen LogP contribution < -0.4 is 10.5 Å². The summed E-state index contributed by atoms with van der Waals surface area (Å²) in [5.41, 5.74) is 7.72. The Morgan fingerprint density at radius 3 is 2.72 bits per heavy atom. The molecule has 0 saturated carbocycles. The molecule has 0 bridgehead atoms. The van der Waals surface area contributed by atoms with Gasteiger partial charge >= 0.3 is 0 Å². The molecule has 3 heteroatoms. The van der Waals surface area contributed by atoms with Crippen LogP contribution in [0.1, 0.15) is 6.42 Å². The van der Waals surface area contributed by atoms with Gasteiger partial charge in [-0.25, -0.2) is 0 Å². The van der Waals surface area contributed by atoms with E-state index in [9.17, 15) is 0 Å². The molecular weight excluding hydrogens is 224 g/mol. The van der Waals surface area contributed by atoms with Crippen LogP contribution in [0.5, 0.6) is 5.75 Å². The molecule has 0 aliphatic heterocycles. The maximum atomic E-state index is 5.65. The van der Waals surface area contributed by atoms with Crippen LogP contribution in [-0.2, 0) is 0 Å². The number of rotatable bonds is 4. The molecule has 0 aliphatic carbocycles. The molecule has 0 fully saturated rings. The zero-order chi connectivity index (χ0) is 12.4. The lowest BCUT2D eigenvalue weighted by molar-refractivity contribution is 0.314. The molecule has 0 radical (unpaired) electrons. The summed E-state index contributed by atoms with van der Waals surface area (Å²) in [6, 6.07) is 14.5. The van der Waals surface area contributed by atoms with E-state index in [0.29, 0.717) is 13.2 Å². The molecule has 1 aromatic heterocycles. The first kappa shape index (κ1) is 11.1. The number of nitrogens with two attached hydrogens (primary N) is 1. The van der Waals surface area contributed by atoms with Crippen molar-refractivity contribution in [1.82, 2.24) is 4.98 Å². The van der Waals surface area contributed by atoms with E-state index in [2.05, 4.69) is 29.2 Å². The van der Waals surface area contributed by atoms with Gasteiger partial charge < -0.3 is 15.5 Å². The zero-order valence-corrected chi connectivity index (χ0v) is 10.1. The summed E-state index contributed by atoms with van der Waals surface area (Å²) in [6.07, 6.45) is 0.880. The maximum absolute atomic E-state index is 5.65.